The van der Waals surface area contributed by atoms with Crippen molar-refractivity contribution in [2.75, 3.05) is 47.5 Å². The SMILES string of the molecule is CC/C=C\C/C=C\C/C=C\C/C=C\C/C=C\CCCCCC(=O)OC[C@H](COP(=O)([O-])OCC[N+](C)(C)C)OC(=O)CCC/C=C\C/C=C\C/C=C\C=C\CC(O)/C=C\CC. The van der Waals surface area contributed by atoms with Gasteiger partial charge in [0.25, 0.3) is 7.82 Å². The van der Waals surface area contributed by atoms with Gasteiger partial charge in [0.15, 0.2) is 6.10 Å². The third-order valence-corrected chi connectivity index (χ3v) is 9.52. The second-order valence-corrected chi connectivity index (χ2v) is 16.9. The molecule has 0 spiro atoms. The van der Waals surface area contributed by atoms with Crippen LogP contribution in [0.3, 0.4) is 0 Å². The van der Waals surface area contributed by atoms with Crippen molar-refractivity contribution in [3.8, 4) is 0 Å². The number of likely N-dealkylation sites (N-methyl/N-ethyl adjacent to an activating group) is 1. The van der Waals surface area contributed by atoms with E-state index in [4.69, 9.17) is 18.5 Å². The second kappa shape index (κ2) is 40.4. The minimum Gasteiger partial charge on any atom is -0.756 e. The molecule has 3 atom stereocenters. The van der Waals surface area contributed by atoms with E-state index in [-0.39, 0.29) is 26.1 Å². The predicted molar refractivity (Wildman–Crippen MR) is 250 cm³/mol. The Bertz CT molecular complexity index is 1460. The van der Waals surface area contributed by atoms with Crippen molar-refractivity contribution >= 4 is 19.8 Å². The second-order valence-electron chi connectivity index (χ2n) is 15.5. The highest BCUT2D eigenvalue weighted by Gasteiger charge is 2.21. The van der Waals surface area contributed by atoms with E-state index < -0.39 is 38.6 Å². The van der Waals surface area contributed by atoms with Crippen molar-refractivity contribution < 1.29 is 47.2 Å². The maximum atomic E-state index is 12.7. The van der Waals surface area contributed by atoms with Crippen molar-refractivity contribution in [2.24, 2.45) is 0 Å². The number of phosphoric acid groups is 1. The zero-order valence-electron chi connectivity index (χ0n) is 38.2. The van der Waals surface area contributed by atoms with Gasteiger partial charge in [-0.15, -0.1) is 0 Å². The zero-order valence-corrected chi connectivity index (χ0v) is 39.1. The molecule has 0 fully saturated rings. The van der Waals surface area contributed by atoms with Crippen LogP contribution in [0.2, 0.25) is 0 Å². The molecule has 0 saturated carbocycles. The van der Waals surface area contributed by atoms with Gasteiger partial charge >= 0.3 is 11.9 Å². The van der Waals surface area contributed by atoms with E-state index in [0.29, 0.717) is 36.7 Å². The summed E-state index contributed by atoms with van der Waals surface area (Å²) in [6.07, 6.45) is 52.9. The molecule has 0 aliphatic carbocycles. The van der Waals surface area contributed by atoms with E-state index in [1.165, 1.54) is 0 Å². The van der Waals surface area contributed by atoms with Gasteiger partial charge in [0.1, 0.15) is 19.8 Å². The van der Waals surface area contributed by atoms with Crippen molar-refractivity contribution in [2.45, 2.75) is 135 Å². The third-order valence-electron chi connectivity index (χ3n) is 8.55. The van der Waals surface area contributed by atoms with Crippen molar-refractivity contribution in [3.63, 3.8) is 0 Å². The third kappa shape index (κ3) is 44.2. The first-order valence-corrected chi connectivity index (χ1v) is 23.8. The highest BCUT2D eigenvalue weighted by atomic mass is 31.2. The largest absolute Gasteiger partial charge is 0.756 e. The molecule has 0 aromatic rings. The molecule has 0 aromatic carbocycles. The minimum atomic E-state index is -4.67. The van der Waals surface area contributed by atoms with Gasteiger partial charge in [0.05, 0.1) is 33.9 Å². The molecule has 0 amide bonds. The molecule has 0 aliphatic heterocycles. The Morgan fingerprint density at radius 2 is 1.11 bits per heavy atom. The number of allylic oxidation sites excluding steroid dienone is 18. The monoisotopic (exact) mass is 870 g/mol. The van der Waals surface area contributed by atoms with Gasteiger partial charge in [-0.2, -0.15) is 0 Å². The fourth-order valence-corrected chi connectivity index (χ4v) is 5.82. The molecule has 0 aromatic heterocycles. The fraction of sp³-hybridized carbons (Fsp3) is 0.560. The minimum absolute atomic E-state index is 0.0627. The lowest BCUT2D eigenvalue weighted by Gasteiger charge is -2.28. The summed E-state index contributed by atoms with van der Waals surface area (Å²) in [6, 6.07) is 0. The highest BCUT2D eigenvalue weighted by Crippen LogP contribution is 2.38. The first-order valence-electron chi connectivity index (χ1n) is 22.4. The van der Waals surface area contributed by atoms with Crippen LogP contribution in [0.15, 0.2) is 122 Å². The Morgan fingerprint density at radius 1 is 0.607 bits per heavy atom. The molecule has 11 heteroatoms. The zero-order chi connectivity index (χ0) is 45.1. The van der Waals surface area contributed by atoms with Crippen molar-refractivity contribution in [1.82, 2.24) is 0 Å². The molecule has 1 N–H and O–H groups in total. The quantitative estimate of drug-likeness (QED) is 0.0161. The van der Waals surface area contributed by atoms with E-state index in [2.05, 4.69) is 79.8 Å². The van der Waals surface area contributed by atoms with Crippen LogP contribution in [0.4, 0.5) is 0 Å². The highest BCUT2D eigenvalue weighted by molar-refractivity contribution is 7.45. The number of hydrogen-bond donors (Lipinski definition) is 1. The van der Waals surface area contributed by atoms with Crippen LogP contribution < -0.4 is 4.89 Å². The lowest BCUT2D eigenvalue weighted by atomic mass is 10.1. The van der Waals surface area contributed by atoms with Gasteiger partial charge in [-0.1, -0.05) is 142 Å². The summed E-state index contributed by atoms with van der Waals surface area (Å²) in [5.74, 6) is -0.980. The Labute approximate surface area is 370 Å². The van der Waals surface area contributed by atoms with Crippen LogP contribution >= 0.6 is 7.82 Å². The van der Waals surface area contributed by atoms with Crippen LogP contribution in [0.5, 0.6) is 0 Å². The summed E-state index contributed by atoms with van der Waals surface area (Å²) in [7, 11) is 1.06. The predicted octanol–water partition coefficient (Wildman–Crippen LogP) is 11.2. The molecule has 0 heterocycles. The lowest BCUT2D eigenvalue weighted by molar-refractivity contribution is -0.870. The Hall–Kier alpha value is -3.63. The number of carbonyl (C=O) groups excluding carboxylic acids is 2. The van der Waals surface area contributed by atoms with E-state index in [1.54, 1.807) is 0 Å². The molecule has 344 valence electrons. The molecule has 0 bridgehead atoms. The first kappa shape index (κ1) is 57.4. The topological polar surface area (TPSA) is 131 Å². The van der Waals surface area contributed by atoms with Crippen LogP contribution in [-0.4, -0.2) is 81.2 Å². The number of rotatable bonds is 38. The number of hydrogen-bond acceptors (Lipinski definition) is 9. The number of carbonyl (C=O) groups is 2. The maximum Gasteiger partial charge on any atom is 0.306 e. The standard InChI is InChI=1S/C50H80NO9P/c1-6-8-10-11-12-13-14-15-16-17-18-19-20-21-25-28-31-34-37-41-49(53)57-45-48(46-59-61(55,56)58-44-43-51(3,4)5)60-50(54)42-38-35-32-29-26-23-22-24-27-30-33-36-40-47(52)39-9-7-2/h8-10,12-13,15-16,18-19,21-23,25,27,29-30,32-33,36,39,47-48,52H,6-7,11,14,17,20,24,26,28,31,34-35,37-38,40-46H2,1-5H3/b10-8-,13-12-,16-15-,19-18-,23-22-,25-21-,30-27-,32-29-,36-33+,39-9-/t47?,48-/m1/s1. The molecule has 0 saturated heterocycles. The number of quaternary nitrogens is 1. The summed E-state index contributed by atoms with van der Waals surface area (Å²) in [4.78, 5) is 37.6. The summed E-state index contributed by atoms with van der Waals surface area (Å²) in [5, 5.41) is 9.78. The van der Waals surface area contributed by atoms with Crippen LogP contribution in [0, 0.1) is 0 Å². The molecular weight excluding hydrogens is 790 g/mol. The average molecular weight is 870 g/mol. The number of nitrogens with zero attached hydrogens (tertiary/aromatic N) is 1. The maximum absolute atomic E-state index is 12.7. The number of ether oxygens (including phenoxy) is 2. The number of aliphatic hydroxyl groups excluding tert-OH is 1. The summed E-state index contributed by atoms with van der Waals surface area (Å²) in [5.41, 5.74) is 0. The summed E-state index contributed by atoms with van der Waals surface area (Å²) >= 11 is 0. The molecule has 0 radical (unpaired) electrons. The Kier molecular flexibility index (Phi) is 38.0. The van der Waals surface area contributed by atoms with Crippen LogP contribution in [0.25, 0.3) is 0 Å². The van der Waals surface area contributed by atoms with E-state index in [1.807, 2.05) is 76.7 Å². The first-order chi connectivity index (χ1) is 29.4. The van der Waals surface area contributed by atoms with Gasteiger partial charge in [-0.3, -0.25) is 14.2 Å². The van der Waals surface area contributed by atoms with E-state index >= 15 is 0 Å². The van der Waals surface area contributed by atoms with Gasteiger partial charge in [0.2, 0.25) is 0 Å². The number of phosphoric ester groups is 1. The van der Waals surface area contributed by atoms with Gasteiger partial charge in [0, 0.05) is 12.8 Å². The number of aliphatic hydroxyl groups is 1. The van der Waals surface area contributed by atoms with E-state index in [9.17, 15) is 24.2 Å². The number of unbranched alkanes of at least 4 members (excludes halogenated alkanes) is 4. The van der Waals surface area contributed by atoms with E-state index in [0.717, 1.165) is 70.6 Å². The number of esters is 2. The molecule has 2 unspecified atom stereocenters. The van der Waals surface area contributed by atoms with Gasteiger partial charge in [-0.05, 0) is 89.9 Å². The summed E-state index contributed by atoms with van der Waals surface area (Å²) < 4.78 is 33.8. The Morgan fingerprint density at radius 3 is 1.69 bits per heavy atom. The van der Waals surface area contributed by atoms with Crippen LogP contribution in [-0.2, 0) is 32.7 Å². The molecular formula is C50H80NO9P. The van der Waals surface area contributed by atoms with Crippen LogP contribution in [0.1, 0.15) is 123 Å². The molecule has 0 rings (SSSR count). The normalized spacial score (nSPS) is 15.2. The average Bonchev–Trinajstić information content (AvgIpc) is 3.21. The van der Waals surface area contributed by atoms with Gasteiger partial charge in [-0.25, -0.2) is 0 Å². The van der Waals surface area contributed by atoms with Crippen molar-refractivity contribution in [1.29, 1.82) is 0 Å². The lowest BCUT2D eigenvalue weighted by Crippen LogP contribution is -2.37. The molecule has 61 heavy (non-hydrogen) atoms. The molecule has 10 nitrogen and oxygen atoms in total. The smallest absolute Gasteiger partial charge is 0.306 e. The fourth-order valence-electron chi connectivity index (χ4n) is 5.09. The summed E-state index contributed by atoms with van der Waals surface area (Å²) in [6.45, 7) is 3.72. The Balaban J connectivity index is 4.57. The van der Waals surface area contributed by atoms with Crippen molar-refractivity contribution in [3.05, 3.63) is 122 Å². The molecule has 0 aliphatic rings. The van der Waals surface area contributed by atoms with Gasteiger partial charge < -0.3 is 33.0 Å².